The minimum absolute atomic E-state index is 0.291. The van der Waals surface area contributed by atoms with Gasteiger partial charge in [-0.2, -0.15) is 0 Å². The molecule has 0 saturated carbocycles. The van der Waals surface area contributed by atoms with E-state index in [2.05, 4.69) is 24.1 Å². The molecule has 15 heavy (non-hydrogen) atoms. The Bertz CT molecular complexity index is 207. The molecule has 1 atom stereocenters. The summed E-state index contributed by atoms with van der Waals surface area (Å²) in [5, 5.41) is 2.80. The SMILES string of the molecule is CCOC(=O)NCC1CCN(C(C)C)C1. The molecular weight excluding hydrogens is 192 g/mol. The van der Waals surface area contributed by atoms with Crippen molar-refractivity contribution in [3.05, 3.63) is 0 Å². The highest BCUT2D eigenvalue weighted by atomic mass is 16.5. The lowest BCUT2D eigenvalue weighted by Gasteiger charge is -2.20. The summed E-state index contributed by atoms with van der Waals surface area (Å²) in [4.78, 5) is 13.5. The van der Waals surface area contributed by atoms with Crippen LogP contribution >= 0.6 is 0 Å². The predicted molar refractivity (Wildman–Crippen MR) is 59.8 cm³/mol. The van der Waals surface area contributed by atoms with Gasteiger partial charge in [-0.3, -0.25) is 0 Å². The first-order valence-corrected chi connectivity index (χ1v) is 5.78. The van der Waals surface area contributed by atoms with Crippen molar-refractivity contribution in [2.75, 3.05) is 26.2 Å². The van der Waals surface area contributed by atoms with Crippen molar-refractivity contribution in [2.45, 2.75) is 33.2 Å². The summed E-state index contributed by atoms with van der Waals surface area (Å²) in [5.41, 5.74) is 0. The van der Waals surface area contributed by atoms with E-state index < -0.39 is 0 Å². The van der Waals surface area contributed by atoms with Crippen LogP contribution in [0.1, 0.15) is 27.2 Å². The Labute approximate surface area is 92.0 Å². The van der Waals surface area contributed by atoms with E-state index in [1.807, 2.05) is 6.92 Å². The first-order valence-electron chi connectivity index (χ1n) is 5.78. The second-order valence-electron chi connectivity index (χ2n) is 4.34. The minimum Gasteiger partial charge on any atom is -0.450 e. The normalized spacial score (nSPS) is 22.0. The Hall–Kier alpha value is -0.770. The van der Waals surface area contributed by atoms with E-state index in [9.17, 15) is 4.79 Å². The number of nitrogens with one attached hydrogen (secondary N) is 1. The fourth-order valence-corrected chi connectivity index (χ4v) is 1.91. The molecule has 1 rings (SSSR count). The lowest BCUT2D eigenvalue weighted by atomic mass is 10.1. The van der Waals surface area contributed by atoms with Crippen LogP contribution < -0.4 is 5.32 Å². The summed E-state index contributed by atoms with van der Waals surface area (Å²) in [6.45, 7) is 9.64. The van der Waals surface area contributed by atoms with E-state index in [0.717, 1.165) is 19.6 Å². The van der Waals surface area contributed by atoms with Crippen LogP contribution in [-0.2, 0) is 4.74 Å². The van der Waals surface area contributed by atoms with Gasteiger partial charge in [-0.25, -0.2) is 4.79 Å². The van der Waals surface area contributed by atoms with Crippen LogP contribution in [-0.4, -0.2) is 43.3 Å². The zero-order valence-corrected chi connectivity index (χ0v) is 9.95. The molecule has 0 aromatic rings. The molecule has 0 bridgehead atoms. The Morgan fingerprint density at radius 2 is 2.33 bits per heavy atom. The Kier molecular flexibility index (Phi) is 4.88. The largest absolute Gasteiger partial charge is 0.450 e. The predicted octanol–water partition coefficient (Wildman–Crippen LogP) is 1.46. The van der Waals surface area contributed by atoms with Crippen molar-refractivity contribution in [2.24, 2.45) is 5.92 Å². The van der Waals surface area contributed by atoms with Gasteiger partial charge in [-0.1, -0.05) is 0 Å². The number of nitrogens with zero attached hydrogens (tertiary/aromatic N) is 1. The highest BCUT2D eigenvalue weighted by Gasteiger charge is 2.24. The Morgan fingerprint density at radius 1 is 1.60 bits per heavy atom. The molecule has 1 N–H and O–H groups in total. The lowest BCUT2D eigenvalue weighted by Crippen LogP contribution is -2.33. The van der Waals surface area contributed by atoms with Crippen LogP contribution in [0.2, 0.25) is 0 Å². The first kappa shape index (κ1) is 12.3. The summed E-state index contributed by atoms with van der Waals surface area (Å²) in [5.74, 6) is 0.580. The molecule has 1 saturated heterocycles. The smallest absolute Gasteiger partial charge is 0.407 e. The van der Waals surface area contributed by atoms with Gasteiger partial charge in [0.25, 0.3) is 0 Å². The molecule has 1 heterocycles. The van der Waals surface area contributed by atoms with Gasteiger partial charge in [-0.05, 0) is 39.7 Å². The summed E-state index contributed by atoms with van der Waals surface area (Å²) >= 11 is 0. The molecule has 88 valence electrons. The summed E-state index contributed by atoms with van der Waals surface area (Å²) < 4.78 is 4.81. The van der Waals surface area contributed by atoms with Crippen LogP contribution in [0.3, 0.4) is 0 Å². The lowest BCUT2D eigenvalue weighted by molar-refractivity contribution is 0.150. The van der Waals surface area contributed by atoms with E-state index in [1.165, 1.54) is 6.42 Å². The summed E-state index contributed by atoms with van der Waals surface area (Å²) in [6, 6.07) is 0.609. The first-order chi connectivity index (χ1) is 7.13. The Morgan fingerprint density at radius 3 is 2.87 bits per heavy atom. The van der Waals surface area contributed by atoms with Gasteiger partial charge in [0.1, 0.15) is 0 Å². The molecule has 1 fully saturated rings. The molecule has 1 aliphatic rings. The molecule has 1 unspecified atom stereocenters. The molecule has 1 aliphatic heterocycles. The monoisotopic (exact) mass is 214 g/mol. The molecule has 4 nitrogen and oxygen atoms in total. The fraction of sp³-hybridized carbons (Fsp3) is 0.909. The Balaban J connectivity index is 2.16. The quantitative estimate of drug-likeness (QED) is 0.770. The number of hydrogen-bond donors (Lipinski definition) is 1. The number of carbonyl (C=O) groups is 1. The molecule has 0 spiro atoms. The number of alkyl carbamates (subject to hydrolysis) is 1. The van der Waals surface area contributed by atoms with Gasteiger partial charge in [0.15, 0.2) is 0 Å². The van der Waals surface area contributed by atoms with Crippen molar-refractivity contribution in [3.63, 3.8) is 0 Å². The van der Waals surface area contributed by atoms with Crippen molar-refractivity contribution in [1.29, 1.82) is 0 Å². The molecular formula is C11H22N2O2. The maximum atomic E-state index is 11.1. The van der Waals surface area contributed by atoms with Crippen molar-refractivity contribution >= 4 is 6.09 Å². The van der Waals surface area contributed by atoms with Crippen molar-refractivity contribution < 1.29 is 9.53 Å². The van der Waals surface area contributed by atoms with E-state index in [4.69, 9.17) is 4.74 Å². The average Bonchev–Trinajstić information content (AvgIpc) is 2.63. The molecule has 1 amide bonds. The summed E-state index contributed by atoms with van der Waals surface area (Å²) in [6.07, 6.45) is 0.880. The number of carbonyl (C=O) groups excluding carboxylic acids is 1. The number of amides is 1. The molecule has 4 heteroatoms. The maximum absolute atomic E-state index is 11.1. The van der Waals surface area contributed by atoms with E-state index in [-0.39, 0.29) is 6.09 Å². The van der Waals surface area contributed by atoms with Gasteiger partial charge in [-0.15, -0.1) is 0 Å². The third-order valence-corrected chi connectivity index (χ3v) is 2.86. The zero-order valence-electron chi connectivity index (χ0n) is 9.95. The van der Waals surface area contributed by atoms with Crippen LogP contribution in [0, 0.1) is 5.92 Å². The molecule has 0 aliphatic carbocycles. The second-order valence-corrected chi connectivity index (χ2v) is 4.34. The average molecular weight is 214 g/mol. The van der Waals surface area contributed by atoms with E-state index in [1.54, 1.807) is 0 Å². The van der Waals surface area contributed by atoms with Crippen molar-refractivity contribution in [3.8, 4) is 0 Å². The van der Waals surface area contributed by atoms with Gasteiger partial charge < -0.3 is 15.0 Å². The number of likely N-dealkylation sites (tertiary alicyclic amines) is 1. The maximum Gasteiger partial charge on any atom is 0.407 e. The van der Waals surface area contributed by atoms with E-state index >= 15 is 0 Å². The van der Waals surface area contributed by atoms with Gasteiger partial charge in [0, 0.05) is 19.1 Å². The fourth-order valence-electron chi connectivity index (χ4n) is 1.91. The number of ether oxygens (including phenoxy) is 1. The number of rotatable bonds is 4. The third kappa shape index (κ3) is 4.08. The van der Waals surface area contributed by atoms with Gasteiger partial charge >= 0.3 is 6.09 Å². The van der Waals surface area contributed by atoms with Crippen LogP contribution in [0.25, 0.3) is 0 Å². The highest BCUT2D eigenvalue weighted by molar-refractivity contribution is 5.67. The minimum atomic E-state index is -0.291. The highest BCUT2D eigenvalue weighted by Crippen LogP contribution is 2.17. The third-order valence-electron chi connectivity index (χ3n) is 2.86. The van der Waals surface area contributed by atoms with Crippen LogP contribution in [0.4, 0.5) is 4.79 Å². The van der Waals surface area contributed by atoms with E-state index in [0.29, 0.717) is 18.6 Å². The topological polar surface area (TPSA) is 41.6 Å². The summed E-state index contributed by atoms with van der Waals surface area (Å²) in [7, 11) is 0. The van der Waals surface area contributed by atoms with Crippen LogP contribution in [0.5, 0.6) is 0 Å². The second kappa shape index (κ2) is 5.95. The standard InChI is InChI=1S/C11H22N2O2/c1-4-15-11(14)12-7-10-5-6-13(8-10)9(2)3/h9-10H,4-8H2,1-3H3,(H,12,14). The van der Waals surface area contributed by atoms with Crippen molar-refractivity contribution in [1.82, 2.24) is 10.2 Å². The van der Waals surface area contributed by atoms with Crippen LogP contribution in [0.15, 0.2) is 0 Å². The molecule has 0 aromatic carbocycles. The molecule has 0 radical (unpaired) electrons. The number of hydrogen-bond acceptors (Lipinski definition) is 3. The van der Waals surface area contributed by atoms with Gasteiger partial charge in [0.05, 0.1) is 6.61 Å². The van der Waals surface area contributed by atoms with Gasteiger partial charge in [0.2, 0.25) is 0 Å². The molecule has 0 aromatic heterocycles. The zero-order chi connectivity index (χ0) is 11.3.